The Kier molecular flexibility index (Phi) is 3.81. The third-order valence-electron chi connectivity index (χ3n) is 4.21. The van der Waals surface area contributed by atoms with E-state index in [1.807, 2.05) is 0 Å². The van der Waals surface area contributed by atoms with Gasteiger partial charge < -0.3 is 11.1 Å². The molecule has 19 heavy (non-hydrogen) atoms. The van der Waals surface area contributed by atoms with Crippen molar-refractivity contribution in [1.29, 1.82) is 0 Å². The Morgan fingerprint density at radius 2 is 2.00 bits per heavy atom. The van der Waals surface area contributed by atoms with Crippen LogP contribution in [0, 0.1) is 5.92 Å². The summed E-state index contributed by atoms with van der Waals surface area (Å²) in [5, 5.41) is 6.07. The quantitative estimate of drug-likeness (QED) is 0.882. The van der Waals surface area contributed by atoms with E-state index in [1.165, 1.54) is 35.7 Å². The van der Waals surface area contributed by atoms with Crippen molar-refractivity contribution >= 4 is 10.8 Å². The predicted molar refractivity (Wildman–Crippen MR) is 81.1 cm³/mol. The van der Waals surface area contributed by atoms with Gasteiger partial charge in [0.2, 0.25) is 0 Å². The first kappa shape index (κ1) is 12.6. The van der Waals surface area contributed by atoms with Crippen LogP contribution in [0.25, 0.3) is 10.8 Å². The Morgan fingerprint density at radius 1 is 1.16 bits per heavy atom. The number of nitrogens with two attached hydrogens (primary N) is 1. The normalized spacial score (nSPS) is 21.4. The Balaban J connectivity index is 1.82. The SMILES string of the molecule is NC(CC1CCCNC1)c1cccc2ccccc12. The standard InChI is InChI=1S/C17H22N2/c18-17(11-13-5-4-10-19-12-13)16-9-3-7-14-6-1-2-8-15(14)16/h1-3,6-9,13,17,19H,4-5,10-12,18H2. The van der Waals surface area contributed by atoms with Crippen molar-refractivity contribution in [2.75, 3.05) is 13.1 Å². The maximum atomic E-state index is 6.46. The van der Waals surface area contributed by atoms with Crippen LogP contribution < -0.4 is 11.1 Å². The van der Waals surface area contributed by atoms with Gasteiger partial charge in [-0.3, -0.25) is 0 Å². The molecule has 1 aliphatic rings. The van der Waals surface area contributed by atoms with Crippen LogP contribution in [0.15, 0.2) is 42.5 Å². The molecule has 100 valence electrons. The van der Waals surface area contributed by atoms with E-state index in [4.69, 9.17) is 5.73 Å². The first-order valence-corrected chi connectivity index (χ1v) is 7.28. The monoisotopic (exact) mass is 254 g/mol. The van der Waals surface area contributed by atoms with Crippen molar-refractivity contribution in [3.63, 3.8) is 0 Å². The largest absolute Gasteiger partial charge is 0.324 e. The van der Waals surface area contributed by atoms with Crippen molar-refractivity contribution in [2.45, 2.75) is 25.3 Å². The van der Waals surface area contributed by atoms with Crippen molar-refractivity contribution < 1.29 is 0 Å². The molecule has 0 bridgehead atoms. The molecule has 2 heteroatoms. The zero-order valence-electron chi connectivity index (χ0n) is 11.3. The van der Waals surface area contributed by atoms with Crippen LogP contribution in [0.1, 0.15) is 30.9 Å². The number of hydrogen-bond acceptors (Lipinski definition) is 2. The fourth-order valence-corrected chi connectivity index (χ4v) is 3.19. The second kappa shape index (κ2) is 5.72. The summed E-state index contributed by atoms with van der Waals surface area (Å²) in [5.41, 5.74) is 7.76. The lowest BCUT2D eigenvalue weighted by molar-refractivity contribution is 0.337. The van der Waals surface area contributed by atoms with Crippen LogP contribution in [0.5, 0.6) is 0 Å². The Hall–Kier alpha value is -1.38. The molecule has 0 amide bonds. The minimum atomic E-state index is 0.149. The van der Waals surface area contributed by atoms with Gasteiger partial charge in [0.15, 0.2) is 0 Å². The van der Waals surface area contributed by atoms with E-state index < -0.39 is 0 Å². The molecule has 1 heterocycles. The molecule has 3 rings (SSSR count). The summed E-state index contributed by atoms with van der Waals surface area (Å²) < 4.78 is 0. The van der Waals surface area contributed by atoms with E-state index in [2.05, 4.69) is 47.8 Å². The minimum absolute atomic E-state index is 0.149. The molecule has 2 aromatic rings. The highest BCUT2D eigenvalue weighted by Crippen LogP contribution is 2.28. The third kappa shape index (κ3) is 2.80. The number of fused-ring (bicyclic) bond motifs is 1. The molecule has 0 radical (unpaired) electrons. The molecule has 1 fully saturated rings. The van der Waals surface area contributed by atoms with Gasteiger partial charge in [-0.1, -0.05) is 42.5 Å². The van der Waals surface area contributed by atoms with Crippen LogP contribution in [-0.4, -0.2) is 13.1 Å². The highest BCUT2D eigenvalue weighted by Gasteiger charge is 2.18. The van der Waals surface area contributed by atoms with Crippen LogP contribution in [0.4, 0.5) is 0 Å². The zero-order chi connectivity index (χ0) is 13.1. The molecule has 3 N–H and O–H groups in total. The number of rotatable bonds is 3. The summed E-state index contributed by atoms with van der Waals surface area (Å²) in [6.07, 6.45) is 3.68. The van der Waals surface area contributed by atoms with Crippen LogP contribution in [0.2, 0.25) is 0 Å². The molecule has 2 aromatic carbocycles. The van der Waals surface area contributed by atoms with E-state index in [9.17, 15) is 0 Å². The van der Waals surface area contributed by atoms with Crippen LogP contribution in [-0.2, 0) is 0 Å². The smallest absolute Gasteiger partial charge is 0.0304 e. The van der Waals surface area contributed by atoms with Gasteiger partial charge in [0.05, 0.1) is 0 Å². The lowest BCUT2D eigenvalue weighted by Crippen LogP contribution is -2.31. The molecule has 1 saturated heterocycles. The fraction of sp³-hybridized carbons (Fsp3) is 0.412. The van der Waals surface area contributed by atoms with E-state index in [0.717, 1.165) is 18.9 Å². The molecule has 2 nitrogen and oxygen atoms in total. The van der Waals surface area contributed by atoms with E-state index >= 15 is 0 Å². The highest BCUT2D eigenvalue weighted by atomic mass is 14.9. The zero-order valence-corrected chi connectivity index (χ0v) is 11.3. The van der Waals surface area contributed by atoms with Crippen molar-refractivity contribution in [1.82, 2.24) is 5.32 Å². The molecule has 2 atom stereocenters. The molecular weight excluding hydrogens is 232 g/mol. The highest BCUT2D eigenvalue weighted by molar-refractivity contribution is 5.86. The second-order valence-corrected chi connectivity index (χ2v) is 5.62. The Labute approximate surface area is 115 Å². The van der Waals surface area contributed by atoms with Crippen LogP contribution in [0.3, 0.4) is 0 Å². The van der Waals surface area contributed by atoms with E-state index in [1.54, 1.807) is 0 Å². The van der Waals surface area contributed by atoms with Gasteiger partial charge in [-0.25, -0.2) is 0 Å². The molecule has 1 aliphatic heterocycles. The van der Waals surface area contributed by atoms with Gasteiger partial charge in [-0.15, -0.1) is 0 Å². The number of benzene rings is 2. The predicted octanol–water partition coefficient (Wildman–Crippen LogP) is 3.23. The average Bonchev–Trinajstić information content (AvgIpc) is 2.47. The topological polar surface area (TPSA) is 38.0 Å². The van der Waals surface area contributed by atoms with Gasteiger partial charge in [-0.2, -0.15) is 0 Å². The molecule has 0 aliphatic carbocycles. The molecule has 0 spiro atoms. The minimum Gasteiger partial charge on any atom is -0.324 e. The maximum Gasteiger partial charge on any atom is 0.0304 e. The summed E-state index contributed by atoms with van der Waals surface area (Å²) in [4.78, 5) is 0. The molecule has 2 unspecified atom stereocenters. The van der Waals surface area contributed by atoms with Gasteiger partial charge in [0.25, 0.3) is 0 Å². The summed E-state index contributed by atoms with van der Waals surface area (Å²) >= 11 is 0. The summed E-state index contributed by atoms with van der Waals surface area (Å²) in [6.45, 7) is 2.29. The summed E-state index contributed by atoms with van der Waals surface area (Å²) in [5.74, 6) is 0.725. The van der Waals surface area contributed by atoms with Gasteiger partial charge in [0, 0.05) is 6.04 Å². The van der Waals surface area contributed by atoms with Crippen molar-refractivity contribution in [2.24, 2.45) is 11.7 Å². The van der Waals surface area contributed by atoms with E-state index in [0.29, 0.717) is 0 Å². The average molecular weight is 254 g/mol. The van der Waals surface area contributed by atoms with Crippen molar-refractivity contribution in [3.8, 4) is 0 Å². The van der Waals surface area contributed by atoms with Crippen LogP contribution >= 0.6 is 0 Å². The summed E-state index contributed by atoms with van der Waals surface area (Å²) in [6, 6.07) is 15.1. The molecule has 0 aromatic heterocycles. The fourth-order valence-electron chi connectivity index (χ4n) is 3.19. The first-order valence-electron chi connectivity index (χ1n) is 7.28. The number of hydrogen-bond donors (Lipinski definition) is 2. The van der Waals surface area contributed by atoms with E-state index in [-0.39, 0.29) is 6.04 Å². The van der Waals surface area contributed by atoms with Gasteiger partial charge in [0.1, 0.15) is 0 Å². The van der Waals surface area contributed by atoms with Crippen molar-refractivity contribution in [3.05, 3.63) is 48.0 Å². The third-order valence-corrected chi connectivity index (χ3v) is 4.21. The summed E-state index contributed by atoms with van der Waals surface area (Å²) in [7, 11) is 0. The Morgan fingerprint density at radius 3 is 2.84 bits per heavy atom. The van der Waals surface area contributed by atoms with Gasteiger partial charge in [-0.05, 0) is 54.6 Å². The second-order valence-electron chi connectivity index (χ2n) is 5.62. The van der Waals surface area contributed by atoms with Gasteiger partial charge >= 0.3 is 0 Å². The number of piperidine rings is 1. The lowest BCUT2D eigenvalue weighted by Gasteiger charge is -2.26. The first-order chi connectivity index (χ1) is 9.34. The Bertz CT molecular complexity index is 538. The molecular formula is C17H22N2. The molecule has 0 saturated carbocycles. The number of nitrogens with one attached hydrogen (secondary N) is 1. The lowest BCUT2D eigenvalue weighted by atomic mass is 9.88. The maximum absolute atomic E-state index is 6.46.